The van der Waals surface area contributed by atoms with Crippen molar-refractivity contribution in [3.63, 3.8) is 0 Å². The summed E-state index contributed by atoms with van der Waals surface area (Å²) in [4.78, 5) is 11.4. The summed E-state index contributed by atoms with van der Waals surface area (Å²) in [5.74, 6) is 0.990. The maximum Gasteiger partial charge on any atom is 0.182 e. The second kappa shape index (κ2) is 2.06. The Kier molecular flexibility index (Phi) is 1.17. The topological polar surface area (TPSA) is 29.1 Å². The van der Waals surface area contributed by atoms with Gasteiger partial charge in [-0.3, -0.25) is 4.79 Å². The van der Waals surface area contributed by atoms with Crippen molar-refractivity contribution in [1.82, 2.24) is 5.32 Å². The van der Waals surface area contributed by atoms with Crippen molar-refractivity contribution in [2.45, 2.75) is 19.8 Å². The van der Waals surface area contributed by atoms with Crippen LogP contribution < -0.4 is 5.32 Å². The van der Waals surface area contributed by atoms with E-state index >= 15 is 0 Å². The van der Waals surface area contributed by atoms with E-state index in [0.29, 0.717) is 0 Å². The Morgan fingerprint density at radius 1 is 1.62 bits per heavy atom. The number of hydrogen-bond donors (Lipinski definition) is 1. The van der Waals surface area contributed by atoms with Crippen LogP contribution in [0, 0.1) is 11.3 Å². The molecule has 2 aliphatic carbocycles. The summed E-state index contributed by atoms with van der Waals surface area (Å²) in [6.07, 6.45) is 6.49. The van der Waals surface area contributed by atoms with Crippen LogP contribution in [0.4, 0.5) is 0 Å². The molecule has 0 bridgehead atoms. The maximum absolute atomic E-state index is 11.4. The molecule has 1 spiro atoms. The lowest BCUT2D eigenvalue weighted by Crippen LogP contribution is -2.31. The zero-order valence-corrected chi connectivity index (χ0v) is 7.76. The van der Waals surface area contributed by atoms with Gasteiger partial charge in [-0.1, -0.05) is 6.08 Å². The van der Waals surface area contributed by atoms with E-state index in [4.69, 9.17) is 0 Å². The molecule has 0 radical (unpaired) electrons. The number of nitrogens with one attached hydrogen (secondary N) is 1. The molecule has 0 aromatic rings. The minimum atomic E-state index is 0.181. The van der Waals surface area contributed by atoms with Crippen molar-refractivity contribution in [2.75, 3.05) is 6.54 Å². The summed E-state index contributed by atoms with van der Waals surface area (Å²) in [5.41, 5.74) is 2.37. The van der Waals surface area contributed by atoms with E-state index in [0.717, 1.165) is 18.0 Å². The molecular weight excluding hydrogens is 162 g/mol. The number of carbonyl (C=O) groups excluding carboxylic acids is 1. The molecule has 68 valence electrons. The van der Waals surface area contributed by atoms with Crippen LogP contribution in [0.2, 0.25) is 0 Å². The van der Waals surface area contributed by atoms with Crippen LogP contribution in [-0.2, 0) is 4.79 Å². The Labute approximate surface area is 77.7 Å². The molecule has 1 saturated carbocycles. The van der Waals surface area contributed by atoms with Gasteiger partial charge in [0, 0.05) is 23.7 Å². The third kappa shape index (κ3) is 0.808. The molecule has 0 aromatic carbocycles. The average Bonchev–Trinajstić information content (AvgIpc) is 2.78. The zero-order valence-electron chi connectivity index (χ0n) is 7.76. The van der Waals surface area contributed by atoms with Gasteiger partial charge in [0.25, 0.3) is 0 Å². The molecule has 3 aliphatic rings. The second-order valence-corrected chi connectivity index (χ2v) is 4.41. The number of piperidine rings is 1. The Hall–Kier alpha value is -1.05. The second-order valence-electron chi connectivity index (χ2n) is 4.41. The first-order valence-electron chi connectivity index (χ1n) is 4.92. The first-order valence-corrected chi connectivity index (χ1v) is 4.92. The fraction of sp³-hybridized carbons (Fsp3) is 0.545. The highest BCUT2D eigenvalue weighted by atomic mass is 16.1. The van der Waals surface area contributed by atoms with Crippen molar-refractivity contribution in [3.8, 4) is 0 Å². The Morgan fingerprint density at radius 3 is 3.31 bits per heavy atom. The summed E-state index contributed by atoms with van der Waals surface area (Å²) in [6.45, 7) is 2.97. The predicted molar refractivity (Wildman–Crippen MR) is 50.0 cm³/mol. The third-order valence-corrected chi connectivity index (χ3v) is 3.60. The van der Waals surface area contributed by atoms with Crippen LogP contribution in [0.1, 0.15) is 19.8 Å². The molecule has 2 fully saturated rings. The number of carbonyl (C=O) groups is 1. The van der Waals surface area contributed by atoms with Gasteiger partial charge in [-0.2, -0.15) is 0 Å². The van der Waals surface area contributed by atoms with Crippen LogP contribution in [0.5, 0.6) is 0 Å². The maximum atomic E-state index is 11.4. The van der Waals surface area contributed by atoms with Crippen molar-refractivity contribution in [2.24, 2.45) is 11.3 Å². The SMILES string of the molecule is CC1=CC23CC2CCNC3=CC1=O. The molecule has 2 unspecified atom stereocenters. The van der Waals surface area contributed by atoms with Crippen LogP contribution in [0.15, 0.2) is 23.4 Å². The van der Waals surface area contributed by atoms with E-state index in [1.807, 2.05) is 6.92 Å². The molecule has 2 nitrogen and oxygen atoms in total. The van der Waals surface area contributed by atoms with Crippen molar-refractivity contribution in [1.29, 1.82) is 0 Å². The van der Waals surface area contributed by atoms with Gasteiger partial charge in [0.15, 0.2) is 5.78 Å². The van der Waals surface area contributed by atoms with Gasteiger partial charge in [-0.15, -0.1) is 0 Å². The lowest BCUT2D eigenvalue weighted by molar-refractivity contribution is -0.111. The molecule has 0 aromatic heterocycles. The number of allylic oxidation sites excluding steroid dienone is 3. The Bertz CT molecular complexity index is 353. The van der Waals surface area contributed by atoms with Crippen LogP contribution in [0.3, 0.4) is 0 Å². The van der Waals surface area contributed by atoms with E-state index in [9.17, 15) is 4.79 Å². The summed E-state index contributed by atoms with van der Waals surface area (Å²) in [6, 6.07) is 0. The van der Waals surface area contributed by atoms with Crippen LogP contribution in [-0.4, -0.2) is 12.3 Å². The molecule has 1 N–H and O–H groups in total. The van der Waals surface area contributed by atoms with E-state index in [1.54, 1.807) is 6.08 Å². The Morgan fingerprint density at radius 2 is 2.46 bits per heavy atom. The van der Waals surface area contributed by atoms with Gasteiger partial charge in [0.1, 0.15) is 0 Å². The van der Waals surface area contributed by atoms with Gasteiger partial charge in [0.2, 0.25) is 0 Å². The van der Waals surface area contributed by atoms with Crippen molar-refractivity contribution >= 4 is 5.78 Å². The molecule has 1 heterocycles. The summed E-state index contributed by atoms with van der Waals surface area (Å²) in [7, 11) is 0. The van der Waals surface area contributed by atoms with Crippen LogP contribution >= 0.6 is 0 Å². The number of rotatable bonds is 0. The van der Waals surface area contributed by atoms with Crippen molar-refractivity contribution < 1.29 is 4.79 Å². The van der Waals surface area contributed by atoms with Gasteiger partial charge < -0.3 is 5.32 Å². The molecule has 0 amide bonds. The molecule has 2 atom stereocenters. The van der Waals surface area contributed by atoms with Gasteiger partial charge in [-0.05, 0) is 31.3 Å². The first kappa shape index (κ1) is 7.36. The minimum Gasteiger partial charge on any atom is -0.388 e. The highest BCUT2D eigenvalue weighted by molar-refractivity contribution is 6.05. The minimum absolute atomic E-state index is 0.181. The first-order chi connectivity index (χ1) is 6.22. The number of hydrogen-bond acceptors (Lipinski definition) is 2. The normalized spacial score (nSPS) is 41.0. The zero-order chi connectivity index (χ0) is 9.05. The smallest absolute Gasteiger partial charge is 0.182 e. The van der Waals surface area contributed by atoms with E-state index in [1.165, 1.54) is 18.5 Å². The highest BCUT2D eigenvalue weighted by Crippen LogP contribution is 2.62. The fourth-order valence-corrected chi connectivity index (χ4v) is 2.73. The van der Waals surface area contributed by atoms with Crippen molar-refractivity contribution in [3.05, 3.63) is 23.4 Å². The van der Waals surface area contributed by atoms with Gasteiger partial charge in [0.05, 0.1) is 0 Å². The summed E-state index contributed by atoms with van der Waals surface area (Å²) < 4.78 is 0. The molecule has 2 heteroatoms. The monoisotopic (exact) mass is 175 g/mol. The molecular formula is C11H13NO. The largest absolute Gasteiger partial charge is 0.388 e. The average molecular weight is 175 g/mol. The standard InChI is InChI=1S/C11H13NO/c1-7-5-11-6-8(11)2-3-12-10(11)4-9(7)13/h4-5,8,12H,2-3,6H2,1H3. The highest BCUT2D eigenvalue weighted by Gasteiger charge is 2.57. The molecule has 3 rings (SSSR count). The van der Waals surface area contributed by atoms with E-state index in [-0.39, 0.29) is 11.2 Å². The third-order valence-electron chi connectivity index (χ3n) is 3.60. The van der Waals surface area contributed by atoms with Gasteiger partial charge >= 0.3 is 0 Å². The molecule has 1 aliphatic heterocycles. The fourth-order valence-electron chi connectivity index (χ4n) is 2.73. The van der Waals surface area contributed by atoms with E-state index < -0.39 is 0 Å². The lowest BCUT2D eigenvalue weighted by atomic mass is 9.86. The summed E-state index contributed by atoms with van der Waals surface area (Å²) in [5, 5.41) is 3.35. The van der Waals surface area contributed by atoms with Crippen LogP contribution in [0.25, 0.3) is 0 Å². The molecule has 1 saturated heterocycles. The number of ketones is 1. The Balaban J connectivity index is 2.07. The van der Waals surface area contributed by atoms with E-state index in [2.05, 4.69) is 11.4 Å². The quantitative estimate of drug-likeness (QED) is 0.603. The lowest BCUT2D eigenvalue weighted by Gasteiger charge is -2.27. The summed E-state index contributed by atoms with van der Waals surface area (Å²) >= 11 is 0. The van der Waals surface area contributed by atoms with Gasteiger partial charge in [-0.25, -0.2) is 0 Å². The predicted octanol–water partition coefficient (Wildman–Crippen LogP) is 1.40. The molecule has 13 heavy (non-hydrogen) atoms.